The van der Waals surface area contributed by atoms with Crippen LogP contribution in [0.25, 0.3) is 0 Å². The number of hydrogen-bond donors (Lipinski definition) is 1. The first-order chi connectivity index (χ1) is 7.36. The average Bonchev–Trinajstić information content (AvgIpc) is 2.29. The summed E-state index contributed by atoms with van der Waals surface area (Å²) < 4.78 is 0. The molecule has 0 aromatic carbocycles. The fraction of sp³-hybridized carbons (Fsp3) is 0.100. The van der Waals surface area contributed by atoms with Crippen molar-refractivity contribution in [2.24, 2.45) is 0 Å². The Kier molecular flexibility index (Phi) is 3.09. The Hall–Kier alpha value is -1.68. The summed E-state index contributed by atoms with van der Waals surface area (Å²) in [4.78, 5) is 4.10. The van der Waals surface area contributed by atoms with Crippen LogP contribution in [0.5, 0.6) is 0 Å². The number of halogens is 1. The number of rotatable bonds is 3. The number of anilines is 1. The van der Waals surface area contributed by atoms with E-state index in [9.17, 15) is 0 Å². The van der Waals surface area contributed by atoms with Crippen molar-refractivity contribution < 1.29 is 0 Å². The molecule has 0 aliphatic heterocycles. The summed E-state index contributed by atoms with van der Waals surface area (Å²) in [6.07, 6.45) is 3.32. The Morgan fingerprint density at radius 1 is 1.20 bits per heavy atom. The Morgan fingerprint density at radius 3 is 2.80 bits per heavy atom. The molecule has 0 unspecified atom stereocenters. The summed E-state index contributed by atoms with van der Waals surface area (Å²) in [5.74, 6) is 0.657. The molecule has 2 heterocycles. The molecule has 4 nitrogen and oxygen atoms in total. The van der Waals surface area contributed by atoms with Gasteiger partial charge in [0.15, 0.2) is 0 Å². The Labute approximate surface area is 92.3 Å². The predicted octanol–water partition coefficient (Wildman–Crippen LogP) is 2.14. The minimum atomic E-state index is 0.560. The Bertz CT molecular complexity index is 432. The topological polar surface area (TPSA) is 50.7 Å². The lowest BCUT2D eigenvalue weighted by Crippen LogP contribution is -2.03. The molecule has 5 heteroatoms. The maximum Gasteiger partial charge on any atom is 0.145 e. The molecule has 1 N–H and O–H groups in total. The molecular formula is C10H9ClN4. The molecule has 15 heavy (non-hydrogen) atoms. The van der Waals surface area contributed by atoms with Crippen LogP contribution in [0.3, 0.4) is 0 Å². The molecule has 0 aliphatic carbocycles. The first kappa shape index (κ1) is 9.86. The third-order valence-corrected chi connectivity index (χ3v) is 2.13. The van der Waals surface area contributed by atoms with E-state index < -0.39 is 0 Å². The number of pyridine rings is 1. The van der Waals surface area contributed by atoms with E-state index in [0.717, 1.165) is 5.69 Å². The number of nitrogens with one attached hydrogen (secondary N) is 1. The number of nitrogens with zero attached hydrogens (tertiary/aromatic N) is 3. The molecule has 0 fully saturated rings. The SMILES string of the molecule is Clc1cccnc1NCc1cccnn1. The highest BCUT2D eigenvalue weighted by atomic mass is 35.5. The van der Waals surface area contributed by atoms with Crippen molar-refractivity contribution in [3.05, 3.63) is 47.4 Å². The zero-order valence-corrected chi connectivity index (χ0v) is 8.65. The van der Waals surface area contributed by atoms with Gasteiger partial charge in [-0.15, -0.1) is 0 Å². The van der Waals surface area contributed by atoms with E-state index in [1.807, 2.05) is 12.1 Å². The third-order valence-electron chi connectivity index (χ3n) is 1.82. The largest absolute Gasteiger partial charge is 0.363 e. The van der Waals surface area contributed by atoms with E-state index >= 15 is 0 Å². The number of hydrogen-bond acceptors (Lipinski definition) is 4. The van der Waals surface area contributed by atoms with Gasteiger partial charge >= 0.3 is 0 Å². The fourth-order valence-corrected chi connectivity index (χ4v) is 1.31. The van der Waals surface area contributed by atoms with Gasteiger partial charge in [-0.25, -0.2) is 4.98 Å². The van der Waals surface area contributed by atoms with Gasteiger partial charge in [-0.2, -0.15) is 10.2 Å². The van der Waals surface area contributed by atoms with Crippen molar-refractivity contribution in [2.45, 2.75) is 6.54 Å². The van der Waals surface area contributed by atoms with E-state index in [1.54, 1.807) is 24.5 Å². The lowest BCUT2D eigenvalue weighted by molar-refractivity contribution is 0.921. The van der Waals surface area contributed by atoms with Gasteiger partial charge in [0.1, 0.15) is 5.82 Å². The van der Waals surface area contributed by atoms with Gasteiger partial charge in [-0.05, 0) is 24.3 Å². The van der Waals surface area contributed by atoms with Crippen LogP contribution in [0.15, 0.2) is 36.7 Å². The second-order valence-electron chi connectivity index (χ2n) is 2.90. The van der Waals surface area contributed by atoms with Crippen molar-refractivity contribution in [1.82, 2.24) is 15.2 Å². The molecule has 0 saturated heterocycles. The molecular weight excluding hydrogens is 212 g/mol. The van der Waals surface area contributed by atoms with Crippen molar-refractivity contribution in [2.75, 3.05) is 5.32 Å². The summed E-state index contributed by atoms with van der Waals surface area (Å²) in [6.45, 7) is 0.560. The van der Waals surface area contributed by atoms with Gasteiger partial charge in [-0.3, -0.25) is 0 Å². The zero-order valence-electron chi connectivity index (χ0n) is 7.89. The molecule has 0 aliphatic rings. The van der Waals surface area contributed by atoms with Crippen LogP contribution in [0.1, 0.15) is 5.69 Å². The molecule has 2 aromatic rings. The molecule has 0 saturated carbocycles. The second-order valence-corrected chi connectivity index (χ2v) is 3.31. The van der Waals surface area contributed by atoms with Crippen LogP contribution in [0.2, 0.25) is 5.02 Å². The zero-order chi connectivity index (χ0) is 10.5. The smallest absolute Gasteiger partial charge is 0.145 e. The highest BCUT2D eigenvalue weighted by molar-refractivity contribution is 6.32. The van der Waals surface area contributed by atoms with Crippen LogP contribution in [-0.2, 0) is 6.54 Å². The monoisotopic (exact) mass is 220 g/mol. The molecule has 2 rings (SSSR count). The average molecular weight is 221 g/mol. The first-order valence-corrected chi connectivity index (χ1v) is 4.85. The van der Waals surface area contributed by atoms with Gasteiger partial charge in [0.05, 0.1) is 17.3 Å². The normalized spacial score (nSPS) is 9.93. The Morgan fingerprint density at radius 2 is 2.07 bits per heavy atom. The van der Waals surface area contributed by atoms with Gasteiger partial charge in [0, 0.05) is 12.4 Å². The highest BCUT2D eigenvalue weighted by Crippen LogP contribution is 2.17. The van der Waals surface area contributed by atoms with Crippen LogP contribution in [0, 0.1) is 0 Å². The summed E-state index contributed by atoms with van der Waals surface area (Å²) in [5.41, 5.74) is 0.846. The lowest BCUT2D eigenvalue weighted by atomic mass is 10.4. The first-order valence-electron chi connectivity index (χ1n) is 4.47. The molecule has 0 amide bonds. The molecule has 0 radical (unpaired) electrons. The van der Waals surface area contributed by atoms with Gasteiger partial charge in [0.2, 0.25) is 0 Å². The van der Waals surface area contributed by atoms with Crippen molar-refractivity contribution in [3.63, 3.8) is 0 Å². The molecule has 0 atom stereocenters. The molecule has 2 aromatic heterocycles. The standard InChI is InChI=1S/C10H9ClN4/c11-9-4-2-5-12-10(9)13-7-8-3-1-6-14-15-8/h1-6H,7H2,(H,12,13). The summed E-state index contributed by atoms with van der Waals surface area (Å²) in [7, 11) is 0. The molecule has 0 spiro atoms. The highest BCUT2D eigenvalue weighted by Gasteiger charge is 1.99. The summed E-state index contributed by atoms with van der Waals surface area (Å²) in [6, 6.07) is 7.30. The van der Waals surface area contributed by atoms with E-state index in [2.05, 4.69) is 20.5 Å². The van der Waals surface area contributed by atoms with Gasteiger partial charge < -0.3 is 5.32 Å². The van der Waals surface area contributed by atoms with Gasteiger partial charge in [0.25, 0.3) is 0 Å². The maximum atomic E-state index is 5.93. The van der Waals surface area contributed by atoms with Crippen LogP contribution in [0.4, 0.5) is 5.82 Å². The van der Waals surface area contributed by atoms with Crippen molar-refractivity contribution in [1.29, 1.82) is 0 Å². The minimum absolute atomic E-state index is 0.560. The number of aromatic nitrogens is 3. The molecule has 0 bridgehead atoms. The predicted molar refractivity (Wildman–Crippen MR) is 58.6 cm³/mol. The van der Waals surface area contributed by atoms with E-state index in [-0.39, 0.29) is 0 Å². The van der Waals surface area contributed by atoms with E-state index in [0.29, 0.717) is 17.4 Å². The van der Waals surface area contributed by atoms with Crippen LogP contribution >= 0.6 is 11.6 Å². The second kappa shape index (κ2) is 4.70. The van der Waals surface area contributed by atoms with E-state index in [1.165, 1.54) is 0 Å². The van der Waals surface area contributed by atoms with Gasteiger partial charge in [-0.1, -0.05) is 11.6 Å². The summed E-state index contributed by atoms with van der Waals surface area (Å²) >= 11 is 5.93. The van der Waals surface area contributed by atoms with E-state index in [4.69, 9.17) is 11.6 Å². The summed E-state index contributed by atoms with van der Waals surface area (Å²) in [5, 5.41) is 11.4. The van der Waals surface area contributed by atoms with Crippen LogP contribution < -0.4 is 5.32 Å². The minimum Gasteiger partial charge on any atom is -0.363 e. The molecule has 76 valence electrons. The Balaban J connectivity index is 2.03. The van der Waals surface area contributed by atoms with Crippen molar-refractivity contribution >= 4 is 17.4 Å². The van der Waals surface area contributed by atoms with Crippen molar-refractivity contribution in [3.8, 4) is 0 Å². The maximum absolute atomic E-state index is 5.93. The third kappa shape index (κ3) is 2.63. The lowest BCUT2D eigenvalue weighted by Gasteiger charge is -2.05. The van der Waals surface area contributed by atoms with Crippen LogP contribution in [-0.4, -0.2) is 15.2 Å². The fourth-order valence-electron chi connectivity index (χ4n) is 1.12. The quantitative estimate of drug-likeness (QED) is 0.861.